The number of aryl methyl sites for hydroxylation is 1. The van der Waals surface area contributed by atoms with Crippen molar-refractivity contribution in [2.24, 2.45) is 0 Å². The molecule has 0 aliphatic carbocycles. The van der Waals surface area contributed by atoms with Crippen LogP contribution in [0.15, 0.2) is 23.0 Å². The zero-order valence-corrected chi connectivity index (χ0v) is 13.7. The lowest BCUT2D eigenvalue weighted by Crippen LogP contribution is -2.22. The van der Waals surface area contributed by atoms with E-state index in [1.807, 2.05) is 6.92 Å². The van der Waals surface area contributed by atoms with Gasteiger partial charge in [0.1, 0.15) is 0 Å². The molecule has 116 valence electrons. The Morgan fingerprint density at radius 1 is 1.18 bits per heavy atom. The van der Waals surface area contributed by atoms with E-state index in [-0.39, 0.29) is 11.5 Å². The Morgan fingerprint density at radius 2 is 1.82 bits per heavy atom. The third kappa shape index (κ3) is 2.78. The Kier molecular flexibility index (Phi) is 4.52. The monoisotopic (exact) mass is 338 g/mol. The van der Waals surface area contributed by atoms with Crippen molar-refractivity contribution in [3.63, 3.8) is 0 Å². The zero-order valence-electron chi connectivity index (χ0n) is 12.2. The molecule has 1 aromatic heterocycles. The highest BCUT2D eigenvalue weighted by Gasteiger charge is 2.26. The van der Waals surface area contributed by atoms with Crippen LogP contribution in [0.25, 0.3) is 11.1 Å². The highest BCUT2D eigenvalue weighted by atomic mass is 35.5. The van der Waals surface area contributed by atoms with Gasteiger partial charge in [0.25, 0.3) is 5.56 Å². The summed E-state index contributed by atoms with van der Waals surface area (Å²) in [6.45, 7) is 3.27. The van der Waals surface area contributed by atoms with Crippen molar-refractivity contribution in [1.82, 2.24) is 10.2 Å². The summed E-state index contributed by atoms with van der Waals surface area (Å²) in [5.74, 6) is 0.228. The van der Waals surface area contributed by atoms with Crippen molar-refractivity contribution in [3.05, 3.63) is 49.9 Å². The number of nitrogens with one attached hydrogen (secondary N) is 1. The molecule has 4 nitrogen and oxygen atoms in total. The number of rotatable bonds is 2. The maximum atomic E-state index is 12.5. The number of hydrogen-bond acceptors (Lipinski definition) is 3. The number of aromatic nitrogens is 2. The normalized spacial score (nSPS) is 16.0. The van der Waals surface area contributed by atoms with Gasteiger partial charge in [0.15, 0.2) is 0 Å². The first kappa shape index (κ1) is 15.5. The van der Waals surface area contributed by atoms with Gasteiger partial charge in [-0.2, -0.15) is 5.10 Å². The lowest BCUT2D eigenvalue weighted by Gasteiger charge is -2.25. The van der Waals surface area contributed by atoms with Crippen molar-refractivity contribution in [2.45, 2.75) is 25.7 Å². The fraction of sp³-hybridized carbons (Fsp3) is 0.375. The van der Waals surface area contributed by atoms with E-state index < -0.39 is 0 Å². The molecule has 1 N–H and O–H groups in total. The average Bonchev–Trinajstić information content (AvgIpc) is 2.51. The van der Waals surface area contributed by atoms with Gasteiger partial charge in [-0.3, -0.25) is 4.79 Å². The van der Waals surface area contributed by atoms with Crippen molar-refractivity contribution in [3.8, 4) is 11.1 Å². The van der Waals surface area contributed by atoms with E-state index in [2.05, 4.69) is 10.2 Å². The number of hydrogen-bond donors (Lipinski definition) is 1. The van der Waals surface area contributed by atoms with E-state index in [9.17, 15) is 4.79 Å². The molecule has 1 saturated heterocycles. The van der Waals surface area contributed by atoms with Crippen molar-refractivity contribution in [1.29, 1.82) is 0 Å². The van der Waals surface area contributed by atoms with E-state index in [1.165, 1.54) is 0 Å². The van der Waals surface area contributed by atoms with Crippen LogP contribution in [0.5, 0.6) is 0 Å². The molecule has 1 aliphatic heterocycles. The molecule has 0 spiro atoms. The van der Waals surface area contributed by atoms with Crippen LogP contribution in [0.2, 0.25) is 10.0 Å². The maximum absolute atomic E-state index is 12.5. The molecule has 0 radical (unpaired) electrons. The molecule has 22 heavy (non-hydrogen) atoms. The predicted molar refractivity (Wildman–Crippen MR) is 87.8 cm³/mol. The Balaban J connectivity index is 2.27. The average molecular weight is 339 g/mol. The topological polar surface area (TPSA) is 55.0 Å². The molecule has 0 saturated carbocycles. The Bertz CT molecular complexity index is 732. The first-order valence-corrected chi connectivity index (χ1v) is 7.96. The fourth-order valence-electron chi connectivity index (χ4n) is 3.02. The molecule has 1 fully saturated rings. The van der Waals surface area contributed by atoms with Gasteiger partial charge in [0.05, 0.1) is 21.3 Å². The second kappa shape index (κ2) is 6.41. The molecule has 0 unspecified atom stereocenters. The Hall–Kier alpha value is -1.36. The lowest BCUT2D eigenvalue weighted by molar-refractivity contribution is 0.0852. The van der Waals surface area contributed by atoms with E-state index in [0.717, 1.165) is 24.1 Å². The quantitative estimate of drug-likeness (QED) is 0.901. The lowest BCUT2D eigenvalue weighted by atomic mass is 9.85. The molecule has 3 rings (SSSR count). The van der Waals surface area contributed by atoms with Gasteiger partial charge >= 0.3 is 0 Å². The summed E-state index contributed by atoms with van der Waals surface area (Å²) in [6.07, 6.45) is 1.72. The van der Waals surface area contributed by atoms with Crippen LogP contribution in [0.1, 0.15) is 30.0 Å². The highest BCUT2D eigenvalue weighted by molar-refractivity contribution is 6.39. The maximum Gasteiger partial charge on any atom is 0.272 e. The Labute approximate surface area is 138 Å². The van der Waals surface area contributed by atoms with Gasteiger partial charge < -0.3 is 4.74 Å². The van der Waals surface area contributed by atoms with Crippen molar-refractivity contribution >= 4 is 23.2 Å². The van der Waals surface area contributed by atoms with E-state index in [1.54, 1.807) is 18.2 Å². The summed E-state index contributed by atoms with van der Waals surface area (Å²) in [6, 6.07) is 5.25. The van der Waals surface area contributed by atoms with Gasteiger partial charge in [-0.05, 0) is 43.4 Å². The number of aromatic amines is 1. The smallest absolute Gasteiger partial charge is 0.272 e. The molecule has 1 aromatic carbocycles. The third-order valence-corrected chi connectivity index (χ3v) is 4.68. The van der Waals surface area contributed by atoms with Gasteiger partial charge in [-0.15, -0.1) is 0 Å². The number of nitrogens with zero attached hydrogens (tertiary/aromatic N) is 1. The van der Waals surface area contributed by atoms with Crippen LogP contribution in [0.4, 0.5) is 0 Å². The molecule has 1 aliphatic rings. The number of halogens is 2. The van der Waals surface area contributed by atoms with E-state index in [0.29, 0.717) is 34.4 Å². The van der Waals surface area contributed by atoms with Crippen LogP contribution in [0.3, 0.4) is 0 Å². The zero-order chi connectivity index (χ0) is 15.7. The van der Waals surface area contributed by atoms with Gasteiger partial charge in [0, 0.05) is 18.8 Å². The summed E-state index contributed by atoms with van der Waals surface area (Å²) in [5.41, 5.74) is 2.59. The summed E-state index contributed by atoms with van der Waals surface area (Å²) in [4.78, 5) is 12.5. The molecular formula is C16H16Cl2N2O2. The largest absolute Gasteiger partial charge is 0.381 e. The number of ether oxygens (including phenoxy) is 1. The first-order valence-electron chi connectivity index (χ1n) is 7.21. The molecular weight excluding hydrogens is 323 g/mol. The molecule has 0 atom stereocenters. The first-order chi connectivity index (χ1) is 10.6. The number of H-pyrrole nitrogens is 1. The second-order valence-corrected chi connectivity index (χ2v) is 6.22. The number of benzene rings is 1. The SMILES string of the molecule is Cc1n[nH]c(=O)c(-c2c(Cl)cccc2Cl)c1C1CCOCC1. The molecule has 0 bridgehead atoms. The van der Waals surface area contributed by atoms with Crippen LogP contribution >= 0.6 is 23.2 Å². The third-order valence-electron chi connectivity index (χ3n) is 4.05. The minimum atomic E-state index is -0.262. The molecule has 0 amide bonds. The summed E-state index contributed by atoms with van der Waals surface area (Å²) in [7, 11) is 0. The van der Waals surface area contributed by atoms with Crippen molar-refractivity contribution < 1.29 is 4.74 Å². The minimum Gasteiger partial charge on any atom is -0.381 e. The Morgan fingerprint density at radius 3 is 2.45 bits per heavy atom. The van der Waals surface area contributed by atoms with Crippen LogP contribution in [-0.4, -0.2) is 23.4 Å². The summed E-state index contributed by atoms with van der Waals surface area (Å²) >= 11 is 12.6. The molecule has 2 aromatic rings. The highest BCUT2D eigenvalue weighted by Crippen LogP contribution is 2.39. The summed E-state index contributed by atoms with van der Waals surface area (Å²) < 4.78 is 5.43. The van der Waals surface area contributed by atoms with E-state index >= 15 is 0 Å². The molecule has 6 heteroatoms. The summed E-state index contributed by atoms with van der Waals surface area (Å²) in [5, 5.41) is 7.62. The van der Waals surface area contributed by atoms with Crippen LogP contribution in [0, 0.1) is 6.92 Å². The van der Waals surface area contributed by atoms with Crippen molar-refractivity contribution in [2.75, 3.05) is 13.2 Å². The van der Waals surface area contributed by atoms with E-state index in [4.69, 9.17) is 27.9 Å². The molecule has 2 heterocycles. The predicted octanol–water partition coefficient (Wildman–Crippen LogP) is 3.95. The van der Waals surface area contributed by atoms with Crippen LogP contribution < -0.4 is 5.56 Å². The standard InChI is InChI=1S/C16H16Cl2N2O2/c1-9-13(10-5-7-22-8-6-10)15(16(21)20-19-9)14-11(17)3-2-4-12(14)18/h2-4,10H,5-8H2,1H3,(H,20,21). The van der Waals surface area contributed by atoms with Gasteiger partial charge in [-0.1, -0.05) is 29.3 Å². The minimum absolute atomic E-state index is 0.228. The van der Waals surface area contributed by atoms with Crippen LogP contribution in [-0.2, 0) is 4.74 Å². The van der Waals surface area contributed by atoms with Gasteiger partial charge in [0.2, 0.25) is 0 Å². The fourth-order valence-corrected chi connectivity index (χ4v) is 3.61. The second-order valence-electron chi connectivity index (χ2n) is 5.41. The van der Waals surface area contributed by atoms with Gasteiger partial charge in [-0.25, -0.2) is 5.10 Å².